The van der Waals surface area contributed by atoms with Crippen LogP contribution in [0.25, 0.3) is 0 Å². The van der Waals surface area contributed by atoms with Gasteiger partial charge in [0, 0.05) is 55.6 Å². The topological polar surface area (TPSA) is 58.6 Å². The second-order valence-corrected chi connectivity index (χ2v) is 8.30. The summed E-state index contributed by atoms with van der Waals surface area (Å²) in [5.41, 5.74) is 1.33. The Labute approximate surface area is 155 Å². The van der Waals surface area contributed by atoms with Gasteiger partial charge in [0.2, 0.25) is 11.0 Å². The van der Waals surface area contributed by atoms with Crippen molar-refractivity contribution in [3.05, 3.63) is 27.7 Å². The van der Waals surface area contributed by atoms with Crippen molar-refractivity contribution >= 4 is 33.9 Å². The maximum absolute atomic E-state index is 12.9. The molecule has 134 valence electrons. The minimum atomic E-state index is 0.141. The SMILES string of the molecule is COCc1nsc(N2CCC(C(=O)N3CCc4sccc4C3)CC2)n1. The van der Waals surface area contributed by atoms with Gasteiger partial charge in [-0.25, -0.2) is 4.98 Å². The predicted molar refractivity (Wildman–Crippen MR) is 99.0 cm³/mol. The van der Waals surface area contributed by atoms with Crippen LogP contribution in [-0.4, -0.2) is 46.9 Å². The van der Waals surface area contributed by atoms with Crippen LogP contribution in [0.5, 0.6) is 0 Å². The van der Waals surface area contributed by atoms with Crippen LogP contribution < -0.4 is 4.90 Å². The average Bonchev–Trinajstić information content (AvgIpc) is 3.30. The van der Waals surface area contributed by atoms with E-state index in [1.165, 1.54) is 22.0 Å². The van der Waals surface area contributed by atoms with Gasteiger partial charge in [-0.3, -0.25) is 4.79 Å². The van der Waals surface area contributed by atoms with Crippen LogP contribution in [0.3, 0.4) is 0 Å². The lowest BCUT2D eigenvalue weighted by Crippen LogP contribution is -2.44. The minimum absolute atomic E-state index is 0.141. The van der Waals surface area contributed by atoms with E-state index in [0.29, 0.717) is 12.5 Å². The third kappa shape index (κ3) is 3.56. The van der Waals surface area contributed by atoms with Crippen LogP contribution >= 0.6 is 22.9 Å². The molecule has 2 aliphatic rings. The van der Waals surface area contributed by atoms with E-state index in [4.69, 9.17) is 4.74 Å². The number of fused-ring (bicyclic) bond motifs is 1. The Morgan fingerprint density at radius 3 is 3.00 bits per heavy atom. The standard InChI is InChI=1S/C17H22N4O2S2/c1-23-11-15-18-17(25-19-15)20-6-2-12(3-7-20)16(22)21-8-4-14-13(10-21)5-9-24-14/h5,9,12H,2-4,6-8,10-11H2,1H3. The monoisotopic (exact) mass is 378 g/mol. The van der Waals surface area contributed by atoms with Gasteiger partial charge in [0.25, 0.3) is 0 Å². The van der Waals surface area contributed by atoms with E-state index in [1.807, 2.05) is 11.3 Å². The number of carbonyl (C=O) groups excluding carboxylic acids is 1. The molecule has 0 aliphatic carbocycles. The Morgan fingerprint density at radius 1 is 1.36 bits per heavy atom. The maximum Gasteiger partial charge on any atom is 0.226 e. The van der Waals surface area contributed by atoms with Crippen LogP contribution in [0.2, 0.25) is 0 Å². The zero-order valence-corrected chi connectivity index (χ0v) is 15.9. The quantitative estimate of drug-likeness (QED) is 0.818. The Morgan fingerprint density at radius 2 is 2.20 bits per heavy atom. The molecular weight excluding hydrogens is 356 g/mol. The fraction of sp³-hybridized carbons (Fsp3) is 0.588. The molecule has 0 unspecified atom stereocenters. The summed E-state index contributed by atoms with van der Waals surface area (Å²) in [6.45, 7) is 3.84. The zero-order chi connectivity index (χ0) is 17.2. The number of rotatable bonds is 4. The van der Waals surface area contributed by atoms with Crippen LogP contribution in [0.15, 0.2) is 11.4 Å². The molecule has 0 saturated carbocycles. The first-order chi connectivity index (χ1) is 12.2. The number of aromatic nitrogens is 2. The number of carbonyl (C=O) groups is 1. The molecular formula is C17H22N4O2S2. The van der Waals surface area contributed by atoms with Gasteiger partial charge in [0.1, 0.15) is 6.61 Å². The van der Waals surface area contributed by atoms with Crippen molar-refractivity contribution in [2.75, 3.05) is 31.6 Å². The van der Waals surface area contributed by atoms with Crippen molar-refractivity contribution in [3.8, 4) is 0 Å². The second kappa shape index (κ2) is 7.39. The molecule has 1 fully saturated rings. The summed E-state index contributed by atoms with van der Waals surface area (Å²) >= 11 is 3.23. The number of piperidine rings is 1. The van der Waals surface area contributed by atoms with Crippen molar-refractivity contribution in [2.24, 2.45) is 5.92 Å². The molecule has 4 heterocycles. The summed E-state index contributed by atoms with van der Waals surface area (Å²) in [7, 11) is 1.65. The summed E-state index contributed by atoms with van der Waals surface area (Å²) in [4.78, 5) is 23.1. The van der Waals surface area contributed by atoms with Crippen molar-refractivity contribution in [1.29, 1.82) is 0 Å². The number of hydrogen-bond acceptors (Lipinski definition) is 7. The third-order valence-corrected chi connectivity index (χ3v) is 6.80. The largest absolute Gasteiger partial charge is 0.377 e. The van der Waals surface area contributed by atoms with E-state index in [-0.39, 0.29) is 5.92 Å². The van der Waals surface area contributed by atoms with E-state index in [9.17, 15) is 4.79 Å². The number of amides is 1. The summed E-state index contributed by atoms with van der Waals surface area (Å²) in [6, 6.07) is 2.16. The smallest absolute Gasteiger partial charge is 0.226 e. The van der Waals surface area contributed by atoms with Gasteiger partial charge in [-0.05, 0) is 36.3 Å². The Kier molecular flexibility index (Phi) is 5.00. The van der Waals surface area contributed by atoms with Crippen LogP contribution in [0, 0.1) is 5.92 Å². The van der Waals surface area contributed by atoms with E-state index >= 15 is 0 Å². The molecule has 1 saturated heterocycles. The highest BCUT2D eigenvalue weighted by Crippen LogP contribution is 2.29. The predicted octanol–water partition coefficient (Wildman–Crippen LogP) is 2.55. The fourth-order valence-electron chi connectivity index (χ4n) is 3.57. The first-order valence-electron chi connectivity index (χ1n) is 8.65. The Balaban J connectivity index is 1.33. The molecule has 0 bridgehead atoms. The van der Waals surface area contributed by atoms with Crippen LogP contribution in [0.1, 0.15) is 29.1 Å². The molecule has 25 heavy (non-hydrogen) atoms. The molecule has 2 aromatic rings. The van der Waals surface area contributed by atoms with Crippen molar-refractivity contribution < 1.29 is 9.53 Å². The summed E-state index contributed by atoms with van der Waals surface area (Å²) in [5, 5.41) is 3.08. The number of nitrogens with zero attached hydrogens (tertiary/aromatic N) is 4. The highest BCUT2D eigenvalue weighted by molar-refractivity contribution is 7.10. The van der Waals surface area contributed by atoms with Crippen LogP contribution in [-0.2, 0) is 29.1 Å². The second-order valence-electron chi connectivity index (χ2n) is 6.57. The van der Waals surface area contributed by atoms with Gasteiger partial charge in [-0.1, -0.05) is 0 Å². The molecule has 0 aromatic carbocycles. The molecule has 0 N–H and O–H groups in total. The van der Waals surface area contributed by atoms with Crippen molar-refractivity contribution in [1.82, 2.24) is 14.3 Å². The van der Waals surface area contributed by atoms with Gasteiger partial charge in [0.05, 0.1) is 0 Å². The van der Waals surface area contributed by atoms with E-state index in [1.54, 1.807) is 7.11 Å². The highest BCUT2D eigenvalue weighted by atomic mass is 32.1. The summed E-state index contributed by atoms with van der Waals surface area (Å²) in [5.74, 6) is 1.21. The number of ether oxygens (including phenoxy) is 1. The lowest BCUT2D eigenvalue weighted by atomic mass is 9.94. The van der Waals surface area contributed by atoms with Gasteiger partial charge in [0.15, 0.2) is 5.82 Å². The molecule has 0 spiro atoms. The molecule has 2 aliphatic heterocycles. The molecule has 0 radical (unpaired) electrons. The number of methoxy groups -OCH3 is 1. The molecule has 4 rings (SSSR count). The van der Waals surface area contributed by atoms with Gasteiger partial charge in [-0.2, -0.15) is 4.37 Å². The molecule has 2 aromatic heterocycles. The van der Waals surface area contributed by atoms with Crippen molar-refractivity contribution in [2.45, 2.75) is 32.4 Å². The Bertz CT molecular complexity index is 737. The van der Waals surface area contributed by atoms with Crippen molar-refractivity contribution in [3.63, 3.8) is 0 Å². The molecule has 8 heteroatoms. The first kappa shape index (κ1) is 16.9. The van der Waals surface area contributed by atoms with E-state index < -0.39 is 0 Å². The lowest BCUT2D eigenvalue weighted by molar-refractivity contribution is -0.137. The lowest BCUT2D eigenvalue weighted by Gasteiger charge is -2.35. The third-order valence-electron chi connectivity index (χ3n) is 4.96. The number of thiophene rings is 1. The summed E-state index contributed by atoms with van der Waals surface area (Å²) < 4.78 is 9.39. The highest BCUT2D eigenvalue weighted by Gasteiger charge is 2.31. The molecule has 6 nitrogen and oxygen atoms in total. The normalized spacial score (nSPS) is 18.4. The van der Waals surface area contributed by atoms with Gasteiger partial charge >= 0.3 is 0 Å². The fourth-order valence-corrected chi connectivity index (χ4v) is 5.19. The molecule has 0 atom stereocenters. The number of hydrogen-bond donors (Lipinski definition) is 0. The minimum Gasteiger partial charge on any atom is -0.377 e. The van der Waals surface area contributed by atoms with Crippen LogP contribution in [0.4, 0.5) is 5.13 Å². The summed E-state index contributed by atoms with van der Waals surface area (Å²) in [6.07, 6.45) is 2.79. The van der Waals surface area contributed by atoms with E-state index in [0.717, 1.165) is 56.4 Å². The Hall–Kier alpha value is -1.51. The van der Waals surface area contributed by atoms with Gasteiger partial charge < -0.3 is 14.5 Å². The first-order valence-corrected chi connectivity index (χ1v) is 10.3. The van der Waals surface area contributed by atoms with Gasteiger partial charge in [-0.15, -0.1) is 11.3 Å². The molecule has 1 amide bonds. The zero-order valence-electron chi connectivity index (χ0n) is 14.3. The maximum atomic E-state index is 12.9. The number of anilines is 1. The average molecular weight is 379 g/mol. The van der Waals surface area contributed by atoms with E-state index in [2.05, 4.69) is 30.6 Å².